The Bertz CT molecular complexity index is 520. The van der Waals surface area contributed by atoms with Gasteiger partial charge in [-0.25, -0.2) is 0 Å². The van der Waals surface area contributed by atoms with Crippen molar-refractivity contribution in [2.75, 3.05) is 13.7 Å². The van der Waals surface area contributed by atoms with Crippen LogP contribution in [0.15, 0.2) is 18.3 Å². The van der Waals surface area contributed by atoms with Gasteiger partial charge in [0.05, 0.1) is 6.10 Å². The van der Waals surface area contributed by atoms with E-state index < -0.39 is 0 Å². The summed E-state index contributed by atoms with van der Waals surface area (Å²) in [5.74, 6) is 0.291. The lowest BCUT2D eigenvalue weighted by molar-refractivity contribution is -0.138. The number of fused-ring (bicyclic) bond motifs is 1. The quantitative estimate of drug-likeness (QED) is 0.885. The summed E-state index contributed by atoms with van der Waals surface area (Å²) in [5, 5.41) is 0. The number of aromatic nitrogens is 1. The second kappa shape index (κ2) is 6.12. The van der Waals surface area contributed by atoms with E-state index in [-0.39, 0.29) is 24.0 Å². The largest absolute Gasteiger partial charge is 0.380 e. The first-order valence-electron chi connectivity index (χ1n) is 7.69. The van der Waals surface area contributed by atoms with Gasteiger partial charge in [0.2, 0.25) is 5.91 Å². The van der Waals surface area contributed by atoms with Gasteiger partial charge < -0.3 is 15.4 Å². The molecule has 0 unspecified atom stereocenters. The van der Waals surface area contributed by atoms with E-state index in [1.807, 2.05) is 17.2 Å². The molecule has 1 fully saturated rings. The normalized spacial score (nSPS) is 29.0. The molecule has 1 aliphatic carbocycles. The number of rotatable bonds is 2. The van der Waals surface area contributed by atoms with Crippen molar-refractivity contribution in [3.63, 3.8) is 0 Å². The zero-order valence-electron chi connectivity index (χ0n) is 12.5. The fourth-order valence-corrected chi connectivity index (χ4v) is 3.51. The van der Waals surface area contributed by atoms with E-state index in [1.165, 1.54) is 5.56 Å². The summed E-state index contributed by atoms with van der Waals surface area (Å²) in [6.45, 7) is 1.45. The maximum absolute atomic E-state index is 12.7. The molecule has 1 aromatic heterocycles. The highest BCUT2D eigenvalue weighted by atomic mass is 16.5. The summed E-state index contributed by atoms with van der Waals surface area (Å²) in [4.78, 5) is 19.1. The Morgan fingerprint density at radius 3 is 3.10 bits per heavy atom. The van der Waals surface area contributed by atoms with E-state index in [1.54, 1.807) is 7.11 Å². The molecule has 3 rings (SSSR count). The molecule has 21 heavy (non-hydrogen) atoms. The predicted molar refractivity (Wildman–Crippen MR) is 79.5 cm³/mol. The summed E-state index contributed by atoms with van der Waals surface area (Å²) in [5.41, 5.74) is 8.42. The zero-order chi connectivity index (χ0) is 14.8. The average molecular weight is 289 g/mol. The lowest BCUT2D eigenvalue weighted by Gasteiger charge is -2.36. The van der Waals surface area contributed by atoms with Crippen LogP contribution in [0.2, 0.25) is 0 Å². The van der Waals surface area contributed by atoms with E-state index in [9.17, 15) is 4.79 Å². The van der Waals surface area contributed by atoms with Gasteiger partial charge in [0.1, 0.15) is 0 Å². The molecular weight excluding hydrogens is 266 g/mol. The van der Waals surface area contributed by atoms with Crippen molar-refractivity contribution in [3.8, 4) is 0 Å². The number of hydrogen-bond donors (Lipinski definition) is 1. The number of carbonyl (C=O) groups is 1. The molecule has 0 radical (unpaired) electrons. The smallest absolute Gasteiger partial charge is 0.226 e. The summed E-state index contributed by atoms with van der Waals surface area (Å²) in [6, 6.07) is 3.97. The first kappa shape index (κ1) is 14.5. The first-order chi connectivity index (χ1) is 10.2. The van der Waals surface area contributed by atoms with Gasteiger partial charge in [-0.2, -0.15) is 0 Å². The van der Waals surface area contributed by atoms with Crippen molar-refractivity contribution >= 4 is 5.91 Å². The van der Waals surface area contributed by atoms with Crippen LogP contribution in [0.4, 0.5) is 0 Å². The van der Waals surface area contributed by atoms with Gasteiger partial charge in [-0.3, -0.25) is 9.78 Å². The van der Waals surface area contributed by atoms with Crippen LogP contribution in [-0.4, -0.2) is 41.6 Å². The van der Waals surface area contributed by atoms with Crippen LogP contribution < -0.4 is 5.73 Å². The Morgan fingerprint density at radius 1 is 1.48 bits per heavy atom. The number of nitrogens with two attached hydrogens (primary N) is 1. The molecule has 2 aliphatic rings. The van der Waals surface area contributed by atoms with Crippen LogP contribution in [0.5, 0.6) is 0 Å². The first-order valence-corrected chi connectivity index (χ1v) is 7.69. The van der Waals surface area contributed by atoms with Crippen molar-refractivity contribution in [2.24, 2.45) is 11.7 Å². The molecular formula is C16H23N3O2. The van der Waals surface area contributed by atoms with Crippen LogP contribution >= 0.6 is 0 Å². The van der Waals surface area contributed by atoms with Crippen LogP contribution in [0, 0.1) is 5.92 Å². The number of carbonyl (C=O) groups excluding carboxylic acids is 1. The lowest BCUT2D eigenvalue weighted by Crippen LogP contribution is -2.47. The Labute approximate surface area is 125 Å². The van der Waals surface area contributed by atoms with E-state index in [2.05, 4.69) is 11.1 Å². The fourth-order valence-electron chi connectivity index (χ4n) is 3.51. The number of pyridine rings is 1. The molecule has 3 atom stereocenters. The minimum Gasteiger partial charge on any atom is -0.380 e. The van der Waals surface area contributed by atoms with Gasteiger partial charge in [0.25, 0.3) is 0 Å². The highest BCUT2D eigenvalue weighted by molar-refractivity contribution is 5.79. The Morgan fingerprint density at radius 2 is 2.33 bits per heavy atom. The van der Waals surface area contributed by atoms with Gasteiger partial charge in [-0.15, -0.1) is 0 Å². The van der Waals surface area contributed by atoms with Gasteiger partial charge >= 0.3 is 0 Å². The second-order valence-electron chi connectivity index (χ2n) is 6.07. The molecule has 1 saturated carbocycles. The monoisotopic (exact) mass is 289 g/mol. The molecule has 0 bridgehead atoms. The molecule has 5 nitrogen and oxygen atoms in total. The van der Waals surface area contributed by atoms with Crippen molar-refractivity contribution in [1.29, 1.82) is 0 Å². The zero-order valence-corrected chi connectivity index (χ0v) is 12.5. The number of nitrogens with zero attached hydrogens (tertiary/aromatic N) is 2. The van der Waals surface area contributed by atoms with Crippen molar-refractivity contribution in [2.45, 2.75) is 44.4 Å². The predicted octanol–water partition coefficient (Wildman–Crippen LogP) is 1.11. The number of amides is 1. The van der Waals surface area contributed by atoms with Gasteiger partial charge in [-0.1, -0.05) is 6.07 Å². The van der Waals surface area contributed by atoms with Crippen molar-refractivity contribution < 1.29 is 9.53 Å². The van der Waals surface area contributed by atoms with Crippen molar-refractivity contribution in [1.82, 2.24) is 9.88 Å². The topological polar surface area (TPSA) is 68.5 Å². The molecule has 114 valence electrons. The molecule has 1 aromatic rings. The highest BCUT2D eigenvalue weighted by Gasteiger charge is 2.34. The molecule has 1 amide bonds. The van der Waals surface area contributed by atoms with Crippen LogP contribution in [-0.2, 0) is 22.5 Å². The van der Waals surface area contributed by atoms with Crippen LogP contribution in [0.25, 0.3) is 0 Å². The van der Waals surface area contributed by atoms with E-state index in [4.69, 9.17) is 10.5 Å². The third-order valence-electron chi connectivity index (χ3n) is 4.76. The molecule has 0 spiro atoms. The van der Waals surface area contributed by atoms with Crippen LogP contribution in [0.3, 0.4) is 0 Å². The van der Waals surface area contributed by atoms with Gasteiger partial charge in [0, 0.05) is 50.5 Å². The van der Waals surface area contributed by atoms with Crippen molar-refractivity contribution in [3.05, 3.63) is 29.6 Å². The highest BCUT2D eigenvalue weighted by Crippen LogP contribution is 2.28. The Hall–Kier alpha value is -1.46. The van der Waals surface area contributed by atoms with E-state index >= 15 is 0 Å². The number of methoxy groups -OCH3 is 1. The molecule has 1 aliphatic heterocycles. The lowest BCUT2D eigenvalue weighted by atomic mass is 9.83. The average Bonchev–Trinajstić information content (AvgIpc) is 2.53. The SMILES string of the molecule is CO[C@@H]1CC[C@H](C(=O)N2CCc3ncccc3C2)C[C@H]1N. The molecule has 5 heteroatoms. The minimum atomic E-state index is -0.0311. The maximum atomic E-state index is 12.7. The number of hydrogen-bond acceptors (Lipinski definition) is 4. The summed E-state index contributed by atoms with van der Waals surface area (Å²) >= 11 is 0. The summed E-state index contributed by atoms with van der Waals surface area (Å²) in [6.07, 6.45) is 5.25. The van der Waals surface area contributed by atoms with E-state index in [0.717, 1.165) is 37.9 Å². The third kappa shape index (κ3) is 2.94. The van der Waals surface area contributed by atoms with E-state index in [0.29, 0.717) is 6.54 Å². The Kier molecular flexibility index (Phi) is 4.22. The molecule has 0 saturated heterocycles. The molecule has 2 N–H and O–H groups in total. The Balaban J connectivity index is 1.65. The maximum Gasteiger partial charge on any atom is 0.226 e. The van der Waals surface area contributed by atoms with Crippen LogP contribution in [0.1, 0.15) is 30.5 Å². The second-order valence-corrected chi connectivity index (χ2v) is 6.07. The van der Waals surface area contributed by atoms with Gasteiger partial charge in [-0.05, 0) is 30.9 Å². The summed E-state index contributed by atoms with van der Waals surface area (Å²) < 4.78 is 5.37. The fraction of sp³-hybridized carbons (Fsp3) is 0.625. The molecule has 2 heterocycles. The number of ether oxygens (including phenoxy) is 1. The van der Waals surface area contributed by atoms with Gasteiger partial charge in [0.15, 0.2) is 0 Å². The standard InChI is InChI=1S/C16H23N3O2/c1-21-15-5-4-11(9-13(15)17)16(20)19-8-6-14-12(10-19)3-2-7-18-14/h2-3,7,11,13,15H,4-6,8-10,17H2,1H3/t11-,13+,15+/m0/s1. The third-order valence-corrected chi connectivity index (χ3v) is 4.76. The molecule has 0 aromatic carbocycles. The summed E-state index contributed by atoms with van der Waals surface area (Å²) in [7, 11) is 1.70. The minimum absolute atomic E-state index is 0.0311.